The summed E-state index contributed by atoms with van der Waals surface area (Å²) in [6.07, 6.45) is 2.07. The van der Waals surface area contributed by atoms with Gasteiger partial charge in [-0.3, -0.25) is 0 Å². The predicted molar refractivity (Wildman–Crippen MR) is 58.9 cm³/mol. The SMILES string of the molecule is COCCNC(=O)NC1CCN(C)CC1. The summed E-state index contributed by atoms with van der Waals surface area (Å²) >= 11 is 0. The molecule has 2 amide bonds. The van der Waals surface area contributed by atoms with Crippen molar-refractivity contribution in [1.29, 1.82) is 0 Å². The summed E-state index contributed by atoms with van der Waals surface area (Å²) in [7, 11) is 3.73. The van der Waals surface area contributed by atoms with Crippen molar-refractivity contribution in [2.45, 2.75) is 18.9 Å². The largest absolute Gasteiger partial charge is 0.383 e. The van der Waals surface area contributed by atoms with Crippen LogP contribution in [0.25, 0.3) is 0 Å². The maximum atomic E-state index is 11.4. The molecule has 5 heteroatoms. The van der Waals surface area contributed by atoms with Crippen molar-refractivity contribution in [2.75, 3.05) is 40.4 Å². The Bertz CT molecular complexity index is 191. The van der Waals surface area contributed by atoms with E-state index in [9.17, 15) is 4.79 Å². The van der Waals surface area contributed by atoms with Gasteiger partial charge < -0.3 is 20.3 Å². The van der Waals surface area contributed by atoms with E-state index in [1.807, 2.05) is 0 Å². The molecule has 0 unspecified atom stereocenters. The number of hydrogen-bond acceptors (Lipinski definition) is 3. The zero-order chi connectivity index (χ0) is 11.1. The third-order valence-electron chi connectivity index (χ3n) is 2.65. The van der Waals surface area contributed by atoms with Gasteiger partial charge in [0.15, 0.2) is 0 Å². The number of piperidine rings is 1. The molecule has 88 valence electrons. The second kappa shape index (κ2) is 6.63. The summed E-state index contributed by atoms with van der Waals surface area (Å²) in [6.45, 7) is 3.24. The Labute approximate surface area is 91.2 Å². The lowest BCUT2D eigenvalue weighted by Gasteiger charge is -2.29. The number of amides is 2. The molecule has 1 saturated heterocycles. The average Bonchev–Trinajstić information content (AvgIpc) is 2.22. The van der Waals surface area contributed by atoms with Crippen LogP contribution >= 0.6 is 0 Å². The van der Waals surface area contributed by atoms with Crippen LogP contribution in [0.3, 0.4) is 0 Å². The van der Waals surface area contributed by atoms with Gasteiger partial charge >= 0.3 is 6.03 Å². The second-order valence-corrected chi connectivity index (χ2v) is 3.97. The van der Waals surface area contributed by atoms with Crippen molar-refractivity contribution in [3.05, 3.63) is 0 Å². The molecule has 0 aliphatic carbocycles. The number of likely N-dealkylation sites (tertiary alicyclic amines) is 1. The van der Waals surface area contributed by atoms with Crippen molar-refractivity contribution < 1.29 is 9.53 Å². The molecule has 1 aliphatic heterocycles. The van der Waals surface area contributed by atoms with Gasteiger partial charge in [-0.15, -0.1) is 0 Å². The lowest BCUT2D eigenvalue weighted by atomic mass is 10.1. The lowest BCUT2D eigenvalue weighted by molar-refractivity contribution is 0.191. The van der Waals surface area contributed by atoms with E-state index in [1.54, 1.807) is 7.11 Å². The van der Waals surface area contributed by atoms with Gasteiger partial charge in [0.05, 0.1) is 6.61 Å². The monoisotopic (exact) mass is 215 g/mol. The Morgan fingerprint density at radius 3 is 2.73 bits per heavy atom. The molecule has 0 atom stereocenters. The molecule has 1 fully saturated rings. The van der Waals surface area contributed by atoms with Crippen LogP contribution in [-0.2, 0) is 4.74 Å². The van der Waals surface area contributed by atoms with Crippen LogP contribution in [0, 0.1) is 0 Å². The molecule has 0 bridgehead atoms. The fourth-order valence-electron chi connectivity index (χ4n) is 1.66. The molecule has 0 spiro atoms. The maximum absolute atomic E-state index is 11.4. The van der Waals surface area contributed by atoms with Crippen LogP contribution in [0.1, 0.15) is 12.8 Å². The first-order valence-corrected chi connectivity index (χ1v) is 5.44. The van der Waals surface area contributed by atoms with E-state index in [0.29, 0.717) is 19.2 Å². The van der Waals surface area contributed by atoms with Gasteiger partial charge in [0, 0.05) is 19.7 Å². The average molecular weight is 215 g/mol. The second-order valence-electron chi connectivity index (χ2n) is 3.97. The minimum atomic E-state index is -0.0818. The third kappa shape index (κ3) is 4.99. The predicted octanol–water partition coefficient (Wildman–Crippen LogP) is 0.0262. The molecule has 0 aromatic carbocycles. The Kier molecular flexibility index (Phi) is 5.42. The number of rotatable bonds is 4. The van der Waals surface area contributed by atoms with Gasteiger partial charge in [0.25, 0.3) is 0 Å². The Morgan fingerprint density at radius 2 is 2.13 bits per heavy atom. The highest BCUT2D eigenvalue weighted by atomic mass is 16.5. The minimum Gasteiger partial charge on any atom is -0.383 e. The highest BCUT2D eigenvalue weighted by Gasteiger charge is 2.17. The van der Waals surface area contributed by atoms with Crippen LogP contribution in [0.2, 0.25) is 0 Å². The first-order chi connectivity index (χ1) is 7.22. The molecule has 15 heavy (non-hydrogen) atoms. The van der Waals surface area contributed by atoms with Crippen LogP contribution in [0.5, 0.6) is 0 Å². The quantitative estimate of drug-likeness (QED) is 0.650. The number of methoxy groups -OCH3 is 1. The molecule has 1 aliphatic rings. The number of nitrogens with zero attached hydrogens (tertiary/aromatic N) is 1. The van der Waals surface area contributed by atoms with E-state index in [1.165, 1.54) is 0 Å². The summed E-state index contributed by atoms with van der Waals surface area (Å²) in [6, 6.07) is 0.241. The number of nitrogens with one attached hydrogen (secondary N) is 2. The fourth-order valence-corrected chi connectivity index (χ4v) is 1.66. The van der Waals surface area contributed by atoms with Gasteiger partial charge in [-0.05, 0) is 33.0 Å². The lowest BCUT2D eigenvalue weighted by Crippen LogP contribution is -2.47. The van der Waals surface area contributed by atoms with E-state index >= 15 is 0 Å². The van der Waals surface area contributed by atoms with Crippen molar-refractivity contribution in [3.63, 3.8) is 0 Å². The van der Waals surface area contributed by atoms with Gasteiger partial charge in [-0.2, -0.15) is 0 Å². The summed E-state index contributed by atoms with van der Waals surface area (Å²) in [4.78, 5) is 13.7. The van der Waals surface area contributed by atoms with Crippen molar-refractivity contribution in [2.24, 2.45) is 0 Å². The smallest absolute Gasteiger partial charge is 0.315 e. The van der Waals surface area contributed by atoms with Crippen molar-refractivity contribution in [1.82, 2.24) is 15.5 Å². The van der Waals surface area contributed by atoms with Crippen LogP contribution in [-0.4, -0.2) is 57.4 Å². The summed E-state index contributed by atoms with van der Waals surface area (Å²) in [5.41, 5.74) is 0. The third-order valence-corrected chi connectivity index (χ3v) is 2.65. The van der Waals surface area contributed by atoms with Crippen molar-refractivity contribution in [3.8, 4) is 0 Å². The van der Waals surface area contributed by atoms with Gasteiger partial charge in [-0.1, -0.05) is 0 Å². The van der Waals surface area contributed by atoms with E-state index in [2.05, 4.69) is 22.6 Å². The molecular weight excluding hydrogens is 194 g/mol. The number of hydrogen-bond donors (Lipinski definition) is 2. The first kappa shape index (κ1) is 12.3. The normalized spacial score (nSPS) is 18.8. The zero-order valence-electron chi connectivity index (χ0n) is 9.58. The van der Waals surface area contributed by atoms with E-state index in [0.717, 1.165) is 25.9 Å². The van der Waals surface area contributed by atoms with Crippen molar-refractivity contribution >= 4 is 6.03 Å². The molecular formula is C10H21N3O2. The first-order valence-electron chi connectivity index (χ1n) is 5.44. The summed E-state index contributed by atoms with van der Waals surface area (Å²) < 4.78 is 4.85. The highest BCUT2D eigenvalue weighted by Crippen LogP contribution is 2.07. The highest BCUT2D eigenvalue weighted by molar-refractivity contribution is 5.74. The van der Waals surface area contributed by atoms with E-state index < -0.39 is 0 Å². The number of urea groups is 1. The van der Waals surface area contributed by atoms with Crippen LogP contribution in [0.15, 0.2) is 0 Å². The molecule has 1 rings (SSSR count). The molecule has 0 aromatic heterocycles. The Morgan fingerprint density at radius 1 is 1.47 bits per heavy atom. The molecule has 0 aromatic rings. The zero-order valence-corrected chi connectivity index (χ0v) is 9.58. The molecule has 1 heterocycles. The summed E-state index contributed by atoms with van der Waals surface area (Å²) in [5.74, 6) is 0. The Hall–Kier alpha value is -0.810. The van der Waals surface area contributed by atoms with Gasteiger partial charge in [-0.25, -0.2) is 4.79 Å². The molecule has 0 saturated carbocycles. The number of carbonyl (C=O) groups is 1. The molecule has 2 N–H and O–H groups in total. The number of carbonyl (C=O) groups excluding carboxylic acids is 1. The molecule has 5 nitrogen and oxygen atoms in total. The standard InChI is InChI=1S/C10H21N3O2/c1-13-6-3-9(4-7-13)12-10(14)11-5-8-15-2/h9H,3-8H2,1-2H3,(H2,11,12,14). The van der Waals surface area contributed by atoms with Crippen LogP contribution in [0.4, 0.5) is 4.79 Å². The van der Waals surface area contributed by atoms with E-state index in [-0.39, 0.29) is 6.03 Å². The topological polar surface area (TPSA) is 53.6 Å². The van der Waals surface area contributed by atoms with Gasteiger partial charge in [0.2, 0.25) is 0 Å². The summed E-state index contributed by atoms with van der Waals surface area (Å²) in [5, 5.41) is 5.72. The van der Waals surface area contributed by atoms with E-state index in [4.69, 9.17) is 4.74 Å². The number of ether oxygens (including phenoxy) is 1. The fraction of sp³-hybridized carbons (Fsp3) is 0.900. The van der Waals surface area contributed by atoms with Crippen LogP contribution < -0.4 is 10.6 Å². The minimum absolute atomic E-state index is 0.0818. The Balaban J connectivity index is 2.09. The van der Waals surface area contributed by atoms with Gasteiger partial charge in [0.1, 0.15) is 0 Å². The maximum Gasteiger partial charge on any atom is 0.315 e. The molecule has 0 radical (unpaired) electrons.